The Hall–Kier alpha value is -0.790. The monoisotopic (exact) mass is 214 g/mol. The largest absolute Gasteiger partial charge is 0.424 e. The van der Waals surface area contributed by atoms with Gasteiger partial charge in [0, 0.05) is 7.11 Å². The molecular weight excluding hydrogens is 199 g/mol. The molecule has 0 saturated carbocycles. The smallest absolute Gasteiger partial charge is 0.378 e. The summed E-state index contributed by atoms with van der Waals surface area (Å²) in [5.74, 6) is 0.625. The highest BCUT2D eigenvalue weighted by Gasteiger charge is 2.21. The second-order valence-corrected chi connectivity index (χ2v) is 5.37. The van der Waals surface area contributed by atoms with E-state index >= 15 is 0 Å². The van der Waals surface area contributed by atoms with Crippen LogP contribution >= 0.6 is 7.60 Å². The Bertz CT molecular complexity index is 341. The van der Waals surface area contributed by atoms with Gasteiger partial charge < -0.3 is 9.05 Å². The first-order valence-corrected chi connectivity index (χ1v) is 6.24. The first kappa shape index (κ1) is 11.3. The fraction of sp³-hybridized carbons (Fsp3) is 0.400. The average Bonchev–Trinajstić information content (AvgIpc) is 2.21. The summed E-state index contributed by atoms with van der Waals surface area (Å²) in [4.78, 5) is 0. The van der Waals surface area contributed by atoms with Crippen LogP contribution in [0.1, 0.15) is 12.5 Å². The Kier molecular flexibility index (Phi) is 3.73. The topological polar surface area (TPSA) is 35.5 Å². The number of rotatable bonds is 4. The second kappa shape index (κ2) is 4.63. The third kappa shape index (κ3) is 2.60. The molecule has 78 valence electrons. The van der Waals surface area contributed by atoms with Gasteiger partial charge in [-0.05, 0) is 18.6 Å². The lowest BCUT2D eigenvalue weighted by atomic mass is 10.2. The summed E-state index contributed by atoms with van der Waals surface area (Å²) in [7, 11) is -1.52. The Labute approximate surface area is 84.6 Å². The average molecular weight is 214 g/mol. The van der Waals surface area contributed by atoms with Crippen LogP contribution in [0.25, 0.3) is 0 Å². The number of hydrogen-bond donors (Lipinski definition) is 0. The van der Waals surface area contributed by atoms with Crippen LogP contribution in [0.2, 0.25) is 0 Å². The molecule has 1 unspecified atom stereocenters. The van der Waals surface area contributed by atoms with E-state index < -0.39 is 7.60 Å². The summed E-state index contributed by atoms with van der Waals surface area (Å²) in [5.41, 5.74) is 0.957. The molecule has 1 aromatic rings. The Morgan fingerprint density at radius 1 is 1.36 bits per heavy atom. The van der Waals surface area contributed by atoms with E-state index in [4.69, 9.17) is 9.05 Å². The quantitative estimate of drug-likeness (QED) is 0.722. The Morgan fingerprint density at radius 2 is 2.00 bits per heavy atom. The maximum absolute atomic E-state index is 11.8. The fourth-order valence-electron chi connectivity index (χ4n) is 1.04. The third-order valence-electron chi connectivity index (χ3n) is 2.00. The lowest BCUT2D eigenvalue weighted by molar-refractivity contribution is 0.322. The minimum atomic E-state index is -2.93. The molecule has 4 heteroatoms. The lowest BCUT2D eigenvalue weighted by Gasteiger charge is -2.16. The second-order valence-electron chi connectivity index (χ2n) is 2.97. The molecule has 0 radical (unpaired) electrons. The minimum Gasteiger partial charge on any atom is -0.424 e. The van der Waals surface area contributed by atoms with E-state index in [0.29, 0.717) is 11.9 Å². The van der Waals surface area contributed by atoms with Gasteiger partial charge in [-0.15, -0.1) is 0 Å². The van der Waals surface area contributed by atoms with E-state index in [-0.39, 0.29) is 0 Å². The van der Waals surface area contributed by atoms with E-state index in [1.165, 1.54) is 7.11 Å². The predicted octanol–water partition coefficient (Wildman–Crippen LogP) is 3.23. The van der Waals surface area contributed by atoms with Crippen molar-refractivity contribution >= 4 is 7.60 Å². The maximum atomic E-state index is 11.8. The van der Waals surface area contributed by atoms with Crippen molar-refractivity contribution < 1.29 is 13.6 Å². The number of hydrogen-bond acceptors (Lipinski definition) is 3. The van der Waals surface area contributed by atoms with Gasteiger partial charge in [-0.25, -0.2) is 4.57 Å². The molecule has 1 rings (SSSR count). The highest BCUT2D eigenvalue weighted by Crippen LogP contribution is 2.47. The standard InChI is InChI=1S/C10H15O3P/c1-4-14(11,12-3)13-10-8-6-5-7-9(10)2/h5-8H,4H2,1-3H3. The van der Waals surface area contributed by atoms with Crippen LogP contribution < -0.4 is 4.52 Å². The van der Waals surface area contributed by atoms with E-state index in [1.807, 2.05) is 25.1 Å². The third-order valence-corrected chi connectivity index (χ3v) is 3.80. The zero-order valence-corrected chi connectivity index (χ0v) is 9.58. The van der Waals surface area contributed by atoms with Gasteiger partial charge in [0.2, 0.25) is 0 Å². The molecule has 0 aliphatic carbocycles. The summed E-state index contributed by atoms with van der Waals surface area (Å²) in [6, 6.07) is 7.45. The van der Waals surface area contributed by atoms with Crippen molar-refractivity contribution in [2.24, 2.45) is 0 Å². The van der Waals surface area contributed by atoms with E-state index in [2.05, 4.69) is 0 Å². The van der Waals surface area contributed by atoms with Crippen LogP contribution in [0.15, 0.2) is 24.3 Å². The van der Waals surface area contributed by atoms with Crippen molar-refractivity contribution in [1.29, 1.82) is 0 Å². The van der Waals surface area contributed by atoms with E-state index in [0.717, 1.165) is 5.56 Å². The Morgan fingerprint density at radius 3 is 2.50 bits per heavy atom. The normalized spacial score (nSPS) is 14.8. The summed E-state index contributed by atoms with van der Waals surface area (Å²) in [5, 5.41) is 0. The summed E-state index contributed by atoms with van der Waals surface area (Å²) in [6.07, 6.45) is 0.373. The molecule has 0 fully saturated rings. The van der Waals surface area contributed by atoms with Crippen molar-refractivity contribution in [2.45, 2.75) is 13.8 Å². The lowest BCUT2D eigenvalue weighted by Crippen LogP contribution is -1.98. The predicted molar refractivity (Wildman–Crippen MR) is 57.0 cm³/mol. The molecule has 1 atom stereocenters. The highest BCUT2D eigenvalue weighted by molar-refractivity contribution is 7.54. The van der Waals surface area contributed by atoms with Gasteiger partial charge in [0.1, 0.15) is 5.75 Å². The van der Waals surface area contributed by atoms with Gasteiger partial charge in [-0.1, -0.05) is 25.1 Å². The van der Waals surface area contributed by atoms with Crippen molar-refractivity contribution in [3.63, 3.8) is 0 Å². The van der Waals surface area contributed by atoms with Gasteiger partial charge in [-0.2, -0.15) is 0 Å². The maximum Gasteiger partial charge on any atom is 0.378 e. The molecule has 0 spiro atoms. The Balaban J connectivity index is 2.88. The number of benzene rings is 1. The molecule has 0 N–H and O–H groups in total. The van der Waals surface area contributed by atoms with Crippen LogP contribution in [-0.4, -0.2) is 13.3 Å². The van der Waals surface area contributed by atoms with Crippen LogP contribution in [-0.2, 0) is 9.09 Å². The van der Waals surface area contributed by atoms with Crippen molar-refractivity contribution in [2.75, 3.05) is 13.3 Å². The van der Waals surface area contributed by atoms with E-state index in [9.17, 15) is 4.57 Å². The molecule has 3 nitrogen and oxygen atoms in total. The van der Waals surface area contributed by atoms with Gasteiger partial charge in [0.15, 0.2) is 0 Å². The van der Waals surface area contributed by atoms with E-state index in [1.54, 1.807) is 13.0 Å². The van der Waals surface area contributed by atoms with Gasteiger partial charge >= 0.3 is 7.60 Å². The van der Waals surface area contributed by atoms with Gasteiger partial charge in [0.25, 0.3) is 0 Å². The molecule has 0 bridgehead atoms. The molecule has 0 aliphatic rings. The van der Waals surface area contributed by atoms with Crippen molar-refractivity contribution in [3.8, 4) is 5.75 Å². The summed E-state index contributed by atoms with van der Waals surface area (Å²) < 4.78 is 22.1. The van der Waals surface area contributed by atoms with Crippen molar-refractivity contribution in [3.05, 3.63) is 29.8 Å². The fourth-order valence-corrected chi connectivity index (χ4v) is 2.01. The molecule has 0 saturated heterocycles. The molecule has 14 heavy (non-hydrogen) atoms. The highest BCUT2D eigenvalue weighted by atomic mass is 31.2. The molecule has 0 aliphatic heterocycles. The minimum absolute atomic E-state index is 0.373. The number of aryl methyl sites for hydroxylation is 1. The van der Waals surface area contributed by atoms with Crippen LogP contribution in [0.4, 0.5) is 0 Å². The SMILES string of the molecule is CCP(=O)(OC)Oc1ccccc1C. The molecule has 0 amide bonds. The molecule has 0 aromatic heterocycles. The number of para-hydroxylation sites is 1. The van der Waals surface area contributed by atoms with Crippen LogP contribution in [0.3, 0.4) is 0 Å². The first-order chi connectivity index (χ1) is 6.61. The summed E-state index contributed by atoms with van der Waals surface area (Å²) >= 11 is 0. The van der Waals surface area contributed by atoms with Gasteiger partial charge in [0.05, 0.1) is 6.16 Å². The van der Waals surface area contributed by atoms with Crippen molar-refractivity contribution in [1.82, 2.24) is 0 Å². The first-order valence-electron chi connectivity index (χ1n) is 4.51. The zero-order valence-electron chi connectivity index (χ0n) is 8.69. The van der Waals surface area contributed by atoms with Gasteiger partial charge in [-0.3, -0.25) is 0 Å². The van der Waals surface area contributed by atoms with Crippen LogP contribution in [0.5, 0.6) is 5.75 Å². The zero-order chi connectivity index (χ0) is 10.6. The summed E-state index contributed by atoms with van der Waals surface area (Å²) in [6.45, 7) is 3.69. The molecule has 0 heterocycles. The van der Waals surface area contributed by atoms with Crippen LogP contribution in [0, 0.1) is 6.92 Å². The molecular formula is C10H15O3P. The molecule has 1 aromatic carbocycles.